The van der Waals surface area contributed by atoms with Gasteiger partial charge in [0, 0.05) is 11.1 Å². The summed E-state index contributed by atoms with van der Waals surface area (Å²) in [6.45, 7) is 4.00. The van der Waals surface area contributed by atoms with Gasteiger partial charge in [-0.1, -0.05) is 31.0 Å². The second-order valence-electron chi connectivity index (χ2n) is 4.17. The first-order chi connectivity index (χ1) is 8.02. The number of hydrogen-bond donors (Lipinski definition) is 1. The quantitative estimate of drug-likeness (QED) is 0.861. The van der Waals surface area contributed by atoms with E-state index in [2.05, 4.69) is 12.2 Å². The van der Waals surface area contributed by atoms with Crippen molar-refractivity contribution in [1.82, 2.24) is 5.32 Å². The van der Waals surface area contributed by atoms with Gasteiger partial charge in [-0.05, 0) is 31.0 Å². The Balaban J connectivity index is 2.56. The van der Waals surface area contributed by atoms with Crippen LogP contribution in [0, 0.1) is 5.82 Å². The van der Waals surface area contributed by atoms with Crippen molar-refractivity contribution in [2.24, 2.45) is 0 Å². The van der Waals surface area contributed by atoms with Crippen molar-refractivity contribution >= 4 is 17.5 Å². The van der Waals surface area contributed by atoms with Gasteiger partial charge in [0.05, 0.1) is 6.42 Å². The lowest BCUT2D eigenvalue weighted by Gasteiger charge is -2.12. The van der Waals surface area contributed by atoms with Crippen molar-refractivity contribution in [2.45, 2.75) is 39.2 Å². The van der Waals surface area contributed by atoms with Crippen LogP contribution >= 0.6 is 11.6 Å². The second-order valence-corrected chi connectivity index (χ2v) is 4.61. The molecule has 0 unspecified atom stereocenters. The SMILES string of the molecule is CCC[C@H](C)NC(=O)Cc1ccc(Cl)cc1F. The molecule has 0 heterocycles. The van der Waals surface area contributed by atoms with Gasteiger partial charge in [0.1, 0.15) is 5.82 Å². The standard InChI is InChI=1S/C13H17ClFNO/c1-3-4-9(2)16-13(17)7-10-5-6-11(14)8-12(10)15/h5-6,8-9H,3-4,7H2,1-2H3,(H,16,17)/t9-/m0/s1. The van der Waals surface area contributed by atoms with E-state index in [-0.39, 0.29) is 18.4 Å². The number of amides is 1. The van der Waals surface area contributed by atoms with E-state index < -0.39 is 5.82 Å². The molecule has 0 fully saturated rings. The van der Waals surface area contributed by atoms with E-state index in [1.807, 2.05) is 6.92 Å². The van der Waals surface area contributed by atoms with E-state index in [0.717, 1.165) is 12.8 Å². The molecule has 17 heavy (non-hydrogen) atoms. The molecule has 0 saturated heterocycles. The van der Waals surface area contributed by atoms with Crippen molar-refractivity contribution in [3.8, 4) is 0 Å². The van der Waals surface area contributed by atoms with Crippen molar-refractivity contribution in [3.05, 3.63) is 34.6 Å². The van der Waals surface area contributed by atoms with Crippen LogP contribution in [0.5, 0.6) is 0 Å². The van der Waals surface area contributed by atoms with Gasteiger partial charge in [0.2, 0.25) is 5.91 Å². The largest absolute Gasteiger partial charge is 0.353 e. The van der Waals surface area contributed by atoms with E-state index in [0.29, 0.717) is 10.6 Å². The van der Waals surface area contributed by atoms with Gasteiger partial charge >= 0.3 is 0 Å². The van der Waals surface area contributed by atoms with Gasteiger partial charge in [-0.25, -0.2) is 4.39 Å². The number of carbonyl (C=O) groups excluding carboxylic acids is 1. The summed E-state index contributed by atoms with van der Waals surface area (Å²) in [6, 6.07) is 4.48. The Labute approximate surface area is 106 Å². The lowest BCUT2D eigenvalue weighted by Crippen LogP contribution is -2.33. The Bertz CT molecular complexity index is 395. The predicted molar refractivity (Wildman–Crippen MR) is 67.6 cm³/mol. The lowest BCUT2D eigenvalue weighted by atomic mass is 10.1. The zero-order chi connectivity index (χ0) is 12.8. The van der Waals surface area contributed by atoms with Crippen LogP contribution in [0.25, 0.3) is 0 Å². The molecule has 0 aliphatic heterocycles. The van der Waals surface area contributed by atoms with Crippen LogP contribution in [0.1, 0.15) is 32.3 Å². The molecule has 1 N–H and O–H groups in total. The van der Waals surface area contributed by atoms with Gasteiger partial charge in [-0.2, -0.15) is 0 Å². The van der Waals surface area contributed by atoms with E-state index >= 15 is 0 Å². The highest BCUT2D eigenvalue weighted by atomic mass is 35.5. The van der Waals surface area contributed by atoms with Crippen LogP contribution < -0.4 is 5.32 Å². The van der Waals surface area contributed by atoms with Crippen LogP contribution in [-0.4, -0.2) is 11.9 Å². The third-order valence-corrected chi connectivity index (χ3v) is 2.73. The molecular weight excluding hydrogens is 241 g/mol. The molecule has 1 amide bonds. The van der Waals surface area contributed by atoms with Crippen molar-refractivity contribution in [1.29, 1.82) is 0 Å². The molecule has 0 aliphatic rings. The molecule has 1 atom stereocenters. The van der Waals surface area contributed by atoms with Gasteiger partial charge in [0.15, 0.2) is 0 Å². The molecule has 94 valence electrons. The van der Waals surface area contributed by atoms with E-state index in [4.69, 9.17) is 11.6 Å². The maximum atomic E-state index is 13.4. The van der Waals surface area contributed by atoms with Crippen molar-refractivity contribution < 1.29 is 9.18 Å². The Hall–Kier alpha value is -1.09. The van der Waals surface area contributed by atoms with Gasteiger partial charge in [-0.3, -0.25) is 4.79 Å². The van der Waals surface area contributed by atoms with Crippen molar-refractivity contribution in [2.75, 3.05) is 0 Å². The lowest BCUT2D eigenvalue weighted by molar-refractivity contribution is -0.121. The zero-order valence-electron chi connectivity index (χ0n) is 10.1. The molecule has 1 aromatic carbocycles. The minimum absolute atomic E-state index is 0.0526. The first-order valence-electron chi connectivity index (χ1n) is 5.76. The third-order valence-electron chi connectivity index (χ3n) is 2.50. The average molecular weight is 258 g/mol. The van der Waals surface area contributed by atoms with E-state index in [9.17, 15) is 9.18 Å². The summed E-state index contributed by atoms with van der Waals surface area (Å²) in [5.41, 5.74) is 0.371. The normalized spacial score (nSPS) is 12.2. The highest BCUT2D eigenvalue weighted by molar-refractivity contribution is 6.30. The monoisotopic (exact) mass is 257 g/mol. The summed E-state index contributed by atoms with van der Waals surface area (Å²) in [5, 5.41) is 3.17. The first kappa shape index (κ1) is 14.0. The second kappa shape index (κ2) is 6.60. The number of nitrogens with one attached hydrogen (secondary N) is 1. The maximum absolute atomic E-state index is 13.4. The summed E-state index contributed by atoms with van der Waals surface area (Å²) in [7, 11) is 0. The third kappa shape index (κ3) is 4.73. The smallest absolute Gasteiger partial charge is 0.224 e. The molecular formula is C13H17ClFNO. The molecule has 0 bridgehead atoms. The highest BCUT2D eigenvalue weighted by Gasteiger charge is 2.10. The molecule has 1 aromatic rings. The minimum Gasteiger partial charge on any atom is -0.353 e. The Morgan fingerprint density at radius 1 is 1.53 bits per heavy atom. The fourth-order valence-corrected chi connectivity index (χ4v) is 1.83. The van der Waals surface area contributed by atoms with Gasteiger partial charge < -0.3 is 5.32 Å². The number of hydrogen-bond acceptors (Lipinski definition) is 1. The minimum atomic E-state index is -0.434. The van der Waals surface area contributed by atoms with Crippen LogP contribution in [0.2, 0.25) is 5.02 Å². The van der Waals surface area contributed by atoms with Gasteiger partial charge in [0.25, 0.3) is 0 Å². The van der Waals surface area contributed by atoms with Gasteiger partial charge in [-0.15, -0.1) is 0 Å². The number of benzene rings is 1. The summed E-state index contributed by atoms with van der Waals surface area (Å²) in [6.07, 6.45) is 1.99. The Morgan fingerprint density at radius 2 is 2.24 bits per heavy atom. The molecule has 0 spiro atoms. The fraction of sp³-hybridized carbons (Fsp3) is 0.462. The fourth-order valence-electron chi connectivity index (χ4n) is 1.67. The highest BCUT2D eigenvalue weighted by Crippen LogP contribution is 2.15. The van der Waals surface area contributed by atoms with E-state index in [1.165, 1.54) is 6.07 Å². The summed E-state index contributed by atoms with van der Waals surface area (Å²) >= 11 is 5.64. The molecule has 0 saturated carbocycles. The van der Waals surface area contributed by atoms with Crippen LogP contribution in [-0.2, 0) is 11.2 Å². The van der Waals surface area contributed by atoms with Crippen LogP contribution in [0.4, 0.5) is 4.39 Å². The predicted octanol–water partition coefficient (Wildman–Crippen LogP) is 3.33. The molecule has 2 nitrogen and oxygen atoms in total. The Morgan fingerprint density at radius 3 is 2.82 bits per heavy atom. The average Bonchev–Trinajstić information content (AvgIpc) is 2.22. The molecule has 0 aromatic heterocycles. The molecule has 0 aliphatic carbocycles. The summed E-state index contributed by atoms with van der Waals surface area (Å²) < 4.78 is 13.4. The summed E-state index contributed by atoms with van der Waals surface area (Å²) in [4.78, 5) is 11.6. The van der Waals surface area contributed by atoms with E-state index in [1.54, 1.807) is 12.1 Å². The van der Waals surface area contributed by atoms with Crippen molar-refractivity contribution in [3.63, 3.8) is 0 Å². The molecule has 1 rings (SSSR count). The number of carbonyl (C=O) groups is 1. The summed E-state index contributed by atoms with van der Waals surface area (Å²) in [5.74, 6) is -0.594. The maximum Gasteiger partial charge on any atom is 0.224 e. The number of halogens is 2. The topological polar surface area (TPSA) is 29.1 Å². The molecule has 4 heteroatoms. The van der Waals surface area contributed by atoms with Crippen LogP contribution in [0.3, 0.4) is 0 Å². The Kier molecular flexibility index (Phi) is 5.42. The molecule has 0 radical (unpaired) electrons. The first-order valence-corrected chi connectivity index (χ1v) is 6.14. The van der Waals surface area contributed by atoms with Crippen LogP contribution in [0.15, 0.2) is 18.2 Å². The zero-order valence-corrected chi connectivity index (χ0v) is 10.9. The number of rotatable bonds is 5.